The van der Waals surface area contributed by atoms with E-state index in [-0.39, 0.29) is 4.90 Å². The van der Waals surface area contributed by atoms with Crippen molar-refractivity contribution in [2.45, 2.75) is 11.8 Å². The van der Waals surface area contributed by atoms with Gasteiger partial charge in [0.25, 0.3) is 10.1 Å². The highest BCUT2D eigenvalue weighted by atomic mass is 32.2. The fraction of sp³-hybridized carbons (Fsp3) is 0.176. The van der Waals surface area contributed by atoms with Crippen molar-refractivity contribution in [3.8, 4) is 0 Å². The molecule has 2 aromatic heterocycles. The van der Waals surface area contributed by atoms with E-state index in [9.17, 15) is 13.0 Å². The van der Waals surface area contributed by atoms with Crippen molar-refractivity contribution in [1.29, 1.82) is 0 Å². The second-order valence-electron chi connectivity index (χ2n) is 6.16. The molecule has 0 radical (unpaired) electrons. The number of fused-ring (bicyclic) bond motifs is 2. The van der Waals surface area contributed by atoms with Crippen LogP contribution in [0.5, 0.6) is 0 Å². The van der Waals surface area contributed by atoms with Gasteiger partial charge in [0, 0.05) is 14.1 Å². The van der Waals surface area contributed by atoms with E-state index in [2.05, 4.69) is 35.3 Å². The van der Waals surface area contributed by atoms with Crippen LogP contribution in [0.2, 0.25) is 0 Å². The van der Waals surface area contributed by atoms with Gasteiger partial charge in [-0.05, 0) is 42.8 Å². The summed E-state index contributed by atoms with van der Waals surface area (Å²) in [6.45, 7) is 2.05. The van der Waals surface area contributed by atoms with E-state index >= 15 is 0 Å². The third kappa shape index (κ3) is 3.25. The Labute approximate surface area is 162 Å². The molecule has 0 amide bonds. The summed E-state index contributed by atoms with van der Waals surface area (Å²) in [6, 6.07) is 10.7. The van der Waals surface area contributed by atoms with Gasteiger partial charge in [-0.15, -0.1) is 10.2 Å². The van der Waals surface area contributed by atoms with Gasteiger partial charge in [0.15, 0.2) is 0 Å². The Balaban J connectivity index is 1.89. The lowest BCUT2D eigenvalue weighted by Gasteiger charge is -1.97. The Bertz CT molecular complexity index is 1440. The van der Waals surface area contributed by atoms with Crippen LogP contribution in [0.25, 0.3) is 20.4 Å². The van der Waals surface area contributed by atoms with Crippen LogP contribution in [-0.4, -0.2) is 22.1 Å². The molecule has 4 aromatic rings. The summed E-state index contributed by atoms with van der Waals surface area (Å²) in [6.07, 6.45) is 0. The van der Waals surface area contributed by atoms with Gasteiger partial charge >= 0.3 is 0 Å². The first kappa shape index (κ1) is 18.1. The highest BCUT2D eigenvalue weighted by Gasteiger charge is 2.12. The maximum Gasteiger partial charge on any atom is 0.294 e. The molecule has 10 heteroatoms. The molecule has 0 aliphatic rings. The molecule has 7 nitrogen and oxygen atoms in total. The summed E-state index contributed by atoms with van der Waals surface area (Å²) >= 11 is 2.87. The fourth-order valence-electron chi connectivity index (χ4n) is 2.79. The maximum absolute atomic E-state index is 11.3. The summed E-state index contributed by atoms with van der Waals surface area (Å²) in [7, 11) is -0.443. The van der Waals surface area contributed by atoms with Crippen LogP contribution in [0, 0.1) is 6.92 Å². The number of thiazole rings is 2. The summed E-state index contributed by atoms with van der Waals surface area (Å²) in [4.78, 5) is 1.27. The van der Waals surface area contributed by atoms with Crippen LogP contribution < -0.4 is 9.60 Å². The van der Waals surface area contributed by atoms with E-state index in [0.717, 1.165) is 20.5 Å². The second kappa shape index (κ2) is 6.41. The van der Waals surface area contributed by atoms with Crippen molar-refractivity contribution >= 4 is 53.2 Å². The van der Waals surface area contributed by atoms with Crippen molar-refractivity contribution in [3.05, 3.63) is 51.6 Å². The first-order chi connectivity index (χ1) is 12.7. The highest BCUT2D eigenvalue weighted by molar-refractivity contribution is 7.85. The SMILES string of the molecule is Cc1ccc2c(c1)s/c(=N\N=c1\sc3cc(S(=O)(=O)O)ccc3n1C)n2C. The molecule has 0 atom stereocenters. The van der Waals surface area contributed by atoms with Crippen molar-refractivity contribution < 1.29 is 13.0 Å². The molecule has 0 unspecified atom stereocenters. The average Bonchev–Trinajstić information content (AvgIpc) is 3.09. The fourth-order valence-corrected chi connectivity index (χ4v) is 5.45. The minimum absolute atomic E-state index is 0.133. The van der Waals surface area contributed by atoms with Gasteiger partial charge in [-0.3, -0.25) is 4.55 Å². The third-order valence-electron chi connectivity index (χ3n) is 4.26. The maximum atomic E-state index is 11.3. The molecule has 27 heavy (non-hydrogen) atoms. The first-order valence-corrected chi connectivity index (χ1v) is 11.0. The lowest BCUT2D eigenvalue weighted by molar-refractivity contribution is 0.483. The largest absolute Gasteiger partial charge is 0.318 e. The number of aromatic nitrogens is 2. The quantitative estimate of drug-likeness (QED) is 0.399. The van der Waals surface area contributed by atoms with Gasteiger partial charge in [0.2, 0.25) is 9.60 Å². The molecule has 0 spiro atoms. The number of rotatable bonds is 2. The van der Waals surface area contributed by atoms with E-state index in [0.29, 0.717) is 9.50 Å². The normalized spacial score (nSPS) is 13.9. The Morgan fingerprint density at radius 3 is 1.96 bits per heavy atom. The van der Waals surface area contributed by atoms with Gasteiger partial charge in [-0.1, -0.05) is 28.7 Å². The zero-order valence-corrected chi connectivity index (χ0v) is 17.2. The number of hydrogen-bond donors (Lipinski definition) is 1. The molecule has 2 heterocycles. The minimum Gasteiger partial charge on any atom is -0.318 e. The lowest BCUT2D eigenvalue weighted by atomic mass is 10.2. The van der Waals surface area contributed by atoms with Crippen LogP contribution in [-0.2, 0) is 24.2 Å². The molecule has 140 valence electrons. The van der Waals surface area contributed by atoms with E-state index in [1.165, 1.54) is 29.0 Å². The van der Waals surface area contributed by atoms with E-state index in [4.69, 9.17) is 0 Å². The van der Waals surface area contributed by atoms with Crippen molar-refractivity contribution in [3.63, 3.8) is 0 Å². The van der Waals surface area contributed by atoms with Crippen molar-refractivity contribution in [1.82, 2.24) is 9.13 Å². The van der Waals surface area contributed by atoms with Gasteiger partial charge in [0.1, 0.15) is 0 Å². The smallest absolute Gasteiger partial charge is 0.294 e. The van der Waals surface area contributed by atoms with Crippen LogP contribution in [0.1, 0.15) is 5.56 Å². The number of hydrogen-bond acceptors (Lipinski definition) is 6. The topological polar surface area (TPSA) is 89.0 Å². The lowest BCUT2D eigenvalue weighted by Crippen LogP contribution is -2.13. The molecular weight excluding hydrogens is 404 g/mol. The first-order valence-electron chi connectivity index (χ1n) is 7.95. The van der Waals surface area contributed by atoms with Crippen LogP contribution in [0.4, 0.5) is 0 Å². The van der Waals surface area contributed by atoms with Crippen LogP contribution >= 0.6 is 22.7 Å². The predicted molar refractivity (Wildman–Crippen MR) is 107 cm³/mol. The minimum atomic E-state index is -4.24. The average molecular weight is 421 g/mol. The van der Waals surface area contributed by atoms with Crippen molar-refractivity contribution in [2.24, 2.45) is 24.3 Å². The van der Waals surface area contributed by atoms with Crippen LogP contribution in [0.15, 0.2) is 51.5 Å². The predicted octanol–water partition coefficient (Wildman–Crippen LogP) is 2.76. The summed E-state index contributed by atoms with van der Waals surface area (Å²) in [5, 5.41) is 8.77. The van der Waals surface area contributed by atoms with Gasteiger partial charge < -0.3 is 9.13 Å². The molecule has 0 saturated carbocycles. The molecular formula is C17H16N4O3S3. The molecule has 0 saturated heterocycles. The molecule has 0 fully saturated rings. The molecule has 0 aliphatic carbocycles. The van der Waals surface area contributed by atoms with Gasteiger partial charge in [0.05, 0.1) is 25.3 Å². The van der Waals surface area contributed by atoms with Crippen LogP contribution in [0.3, 0.4) is 0 Å². The Hall–Kier alpha value is -2.27. The third-order valence-corrected chi connectivity index (χ3v) is 7.28. The molecule has 4 rings (SSSR count). The summed E-state index contributed by atoms with van der Waals surface area (Å²) in [5.74, 6) is 0. The number of aryl methyl sites for hydroxylation is 3. The Morgan fingerprint density at radius 2 is 1.41 bits per heavy atom. The Morgan fingerprint density at radius 1 is 0.889 bits per heavy atom. The Kier molecular flexibility index (Phi) is 4.30. The molecule has 0 bridgehead atoms. The zero-order chi connectivity index (χ0) is 19.3. The number of benzene rings is 2. The molecule has 1 N–H and O–H groups in total. The summed E-state index contributed by atoms with van der Waals surface area (Å²) < 4.78 is 37.6. The number of nitrogens with zero attached hydrogens (tertiary/aromatic N) is 4. The second-order valence-corrected chi connectivity index (χ2v) is 9.60. The molecule has 0 aliphatic heterocycles. The molecule has 2 aromatic carbocycles. The standard InChI is InChI=1S/C17H16N4O3S3/c1-10-4-6-12-14(8-10)25-16(20(12)2)18-19-17-21(3)13-7-5-11(27(22,23)24)9-15(13)26-17/h4-9H,1-3H3,(H,22,23,24)/b18-16-,19-17+. The monoisotopic (exact) mass is 420 g/mol. The zero-order valence-electron chi connectivity index (χ0n) is 14.7. The van der Waals surface area contributed by atoms with E-state index in [1.54, 1.807) is 17.4 Å². The highest BCUT2D eigenvalue weighted by Crippen LogP contribution is 2.21. The van der Waals surface area contributed by atoms with E-state index in [1.807, 2.05) is 23.2 Å². The van der Waals surface area contributed by atoms with E-state index < -0.39 is 10.1 Å². The van der Waals surface area contributed by atoms with Gasteiger partial charge in [-0.2, -0.15) is 8.42 Å². The van der Waals surface area contributed by atoms with Crippen molar-refractivity contribution in [2.75, 3.05) is 0 Å². The summed E-state index contributed by atoms with van der Waals surface area (Å²) in [5.41, 5.74) is 3.11. The van der Waals surface area contributed by atoms with Gasteiger partial charge in [-0.25, -0.2) is 0 Å².